The number of carbonyl (C=O) groups excluding carboxylic acids is 1. The molecular formula is C23H28N2O4. The van der Waals surface area contributed by atoms with Crippen LogP contribution in [0.3, 0.4) is 0 Å². The summed E-state index contributed by atoms with van der Waals surface area (Å²) < 4.78 is 15.9. The monoisotopic (exact) mass is 396 g/mol. The minimum Gasteiger partial charge on any atom is -0.493 e. The van der Waals surface area contributed by atoms with Crippen molar-refractivity contribution < 1.29 is 19.0 Å². The third-order valence-electron chi connectivity index (χ3n) is 4.80. The predicted molar refractivity (Wildman–Crippen MR) is 113 cm³/mol. The minimum atomic E-state index is -0.140. The highest BCUT2D eigenvalue weighted by atomic mass is 16.5. The van der Waals surface area contributed by atoms with Gasteiger partial charge in [-0.3, -0.25) is 9.69 Å². The number of ether oxygens (including phenoxy) is 3. The molecule has 0 unspecified atom stereocenters. The van der Waals surface area contributed by atoms with Crippen LogP contribution in [-0.2, 0) is 22.6 Å². The van der Waals surface area contributed by atoms with Gasteiger partial charge in [0.1, 0.15) is 0 Å². The summed E-state index contributed by atoms with van der Waals surface area (Å²) in [6.45, 7) is 4.91. The standard InChI is InChI=1S/C23H28N2O4/c1-27-21-8-6-18(15-22(21)28-2)7-9-23(26)24-16-19-4-3-5-20(14-19)17-25-10-12-29-13-11-25/h3-9,14-15H,10-13,16-17H2,1-2H3,(H,24,26)/b9-7+. The third kappa shape index (κ3) is 6.34. The van der Waals surface area contributed by atoms with Gasteiger partial charge in [-0.05, 0) is 34.9 Å². The molecule has 0 atom stereocenters. The van der Waals surface area contributed by atoms with Crippen molar-refractivity contribution in [1.29, 1.82) is 0 Å². The van der Waals surface area contributed by atoms with Crippen LogP contribution in [0.1, 0.15) is 16.7 Å². The van der Waals surface area contributed by atoms with E-state index in [1.807, 2.05) is 30.3 Å². The molecule has 1 aliphatic rings. The molecule has 0 bridgehead atoms. The van der Waals surface area contributed by atoms with Crippen molar-refractivity contribution in [1.82, 2.24) is 10.2 Å². The Labute approximate surface area is 172 Å². The van der Waals surface area contributed by atoms with Crippen molar-refractivity contribution in [2.75, 3.05) is 40.5 Å². The Kier molecular flexibility index (Phi) is 7.67. The quantitative estimate of drug-likeness (QED) is 0.696. The number of methoxy groups -OCH3 is 2. The Morgan fingerprint density at radius 2 is 1.83 bits per heavy atom. The Morgan fingerprint density at radius 3 is 2.59 bits per heavy atom. The summed E-state index contributed by atoms with van der Waals surface area (Å²) >= 11 is 0. The van der Waals surface area contributed by atoms with E-state index in [9.17, 15) is 4.79 Å². The van der Waals surface area contributed by atoms with Crippen LogP contribution in [0.4, 0.5) is 0 Å². The lowest BCUT2D eigenvalue weighted by molar-refractivity contribution is -0.116. The van der Waals surface area contributed by atoms with E-state index < -0.39 is 0 Å². The summed E-state index contributed by atoms with van der Waals surface area (Å²) in [5, 5.41) is 2.94. The summed E-state index contributed by atoms with van der Waals surface area (Å²) in [6.07, 6.45) is 3.28. The summed E-state index contributed by atoms with van der Waals surface area (Å²) in [7, 11) is 3.18. The molecule has 6 heteroatoms. The lowest BCUT2D eigenvalue weighted by Crippen LogP contribution is -2.35. The molecule has 0 aliphatic carbocycles. The molecule has 2 aromatic carbocycles. The van der Waals surface area contributed by atoms with E-state index in [2.05, 4.69) is 22.3 Å². The van der Waals surface area contributed by atoms with Crippen LogP contribution < -0.4 is 14.8 Å². The summed E-state index contributed by atoms with van der Waals surface area (Å²) in [5.41, 5.74) is 3.20. The number of amides is 1. The number of rotatable bonds is 8. The van der Waals surface area contributed by atoms with Gasteiger partial charge in [0, 0.05) is 32.3 Å². The largest absolute Gasteiger partial charge is 0.493 e. The summed E-state index contributed by atoms with van der Waals surface area (Å²) in [4.78, 5) is 14.6. The first-order chi connectivity index (χ1) is 14.2. The first-order valence-corrected chi connectivity index (χ1v) is 9.74. The van der Waals surface area contributed by atoms with Crippen LogP contribution in [0.15, 0.2) is 48.5 Å². The molecule has 0 spiro atoms. The fourth-order valence-corrected chi connectivity index (χ4v) is 3.23. The van der Waals surface area contributed by atoms with E-state index in [0.717, 1.165) is 44.0 Å². The van der Waals surface area contributed by atoms with E-state index in [1.54, 1.807) is 20.3 Å². The van der Waals surface area contributed by atoms with Gasteiger partial charge in [-0.2, -0.15) is 0 Å². The molecule has 1 aliphatic heterocycles. The molecule has 0 saturated carbocycles. The minimum absolute atomic E-state index is 0.140. The Morgan fingerprint density at radius 1 is 1.07 bits per heavy atom. The zero-order chi connectivity index (χ0) is 20.5. The van der Waals surface area contributed by atoms with Crippen LogP contribution in [0.5, 0.6) is 11.5 Å². The summed E-state index contributed by atoms with van der Waals surface area (Å²) in [6, 6.07) is 13.9. The number of hydrogen-bond donors (Lipinski definition) is 1. The number of benzene rings is 2. The average molecular weight is 396 g/mol. The molecule has 6 nitrogen and oxygen atoms in total. The number of nitrogens with one attached hydrogen (secondary N) is 1. The molecule has 1 amide bonds. The number of nitrogens with zero attached hydrogens (tertiary/aromatic N) is 1. The van der Waals surface area contributed by atoms with Gasteiger partial charge < -0.3 is 19.5 Å². The highest BCUT2D eigenvalue weighted by Crippen LogP contribution is 2.27. The lowest BCUT2D eigenvalue weighted by atomic mass is 10.1. The van der Waals surface area contributed by atoms with Crippen molar-refractivity contribution in [3.8, 4) is 11.5 Å². The molecule has 1 saturated heterocycles. The molecule has 0 aromatic heterocycles. The van der Waals surface area contributed by atoms with Gasteiger partial charge in [0.05, 0.1) is 27.4 Å². The second-order valence-corrected chi connectivity index (χ2v) is 6.87. The SMILES string of the molecule is COc1ccc(/C=C/C(=O)NCc2cccc(CN3CCOCC3)c2)cc1OC. The smallest absolute Gasteiger partial charge is 0.244 e. The normalized spacial score (nSPS) is 14.7. The van der Waals surface area contributed by atoms with Gasteiger partial charge >= 0.3 is 0 Å². The van der Waals surface area contributed by atoms with Crippen LogP contribution in [0, 0.1) is 0 Å². The Bertz CT molecular complexity index is 845. The van der Waals surface area contributed by atoms with Crippen LogP contribution in [0.25, 0.3) is 6.08 Å². The van der Waals surface area contributed by atoms with E-state index in [1.165, 1.54) is 11.6 Å². The first-order valence-electron chi connectivity index (χ1n) is 9.74. The number of carbonyl (C=O) groups is 1. The van der Waals surface area contributed by atoms with Gasteiger partial charge in [0.2, 0.25) is 5.91 Å². The topological polar surface area (TPSA) is 60.0 Å². The van der Waals surface area contributed by atoms with Crippen LogP contribution >= 0.6 is 0 Å². The molecule has 2 aromatic rings. The maximum absolute atomic E-state index is 12.2. The first kappa shape index (κ1) is 20.9. The van der Waals surface area contributed by atoms with Crippen molar-refractivity contribution >= 4 is 12.0 Å². The number of morpholine rings is 1. The zero-order valence-corrected chi connectivity index (χ0v) is 17.0. The van der Waals surface area contributed by atoms with Crippen molar-refractivity contribution in [2.45, 2.75) is 13.1 Å². The molecule has 154 valence electrons. The summed E-state index contributed by atoms with van der Waals surface area (Å²) in [5.74, 6) is 1.15. The van der Waals surface area contributed by atoms with E-state index in [4.69, 9.17) is 14.2 Å². The second-order valence-electron chi connectivity index (χ2n) is 6.87. The van der Waals surface area contributed by atoms with Gasteiger partial charge in [0.25, 0.3) is 0 Å². The van der Waals surface area contributed by atoms with E-state index in [-0.39, 0.29) is 5.91 Å². The molecule has 29 heavy (non-hydrogen) atoms. The molecule has 1 heterocycles. The Balaban J connectivity index is 1.52. The Hall–Kier alpha value is -2.83. The average Bonchev–Trinajstić information content (AvgIpc) is 2.77. The highest BCUT2D eigenvalue weighted by molar-refractivity contribution is 5.91. The van der Waals surface area contributed by atoms with Crippen molar-refractivity contribution in [3.63, 3.8) is 0 Å². The van der Waals surface area contributed by atoms with Gasteiger partial charge in [-0.1, -0.05) is 30.3 Å². The van der Waals surface area contributed by atoms with Crippen LogP contribution in [-0.4, -0.2) is 51.3 Å². The lowest BCUT2D eigenvalue weighted by Gasteiger charge is -2.26. The third-order valence-corrected chi connectivity index (χ3v) is 4.80. The van der Waals surface area contributed by atoms with Crippen molar-refractivity contribution in [3.05, 3.63) is 65.2 Å². The molecule has 3 rings (SSSR count). The van der Waals surface area contributed by atoms with Gasteiger partial charge in [0.15, 0.2) is 11.5 Å². The molecule has 1 N–H and O–H groups in total. The zero-order valence-electron chi connectivity index (χ0n) is 17.0. The van der Waals surface area contributed by atoms with E-state index >= 15 is 0 Å². The number of hydrogen-bond acceptors (Lipinski definition) is 5. The fraction of sp³-hybridized carbons (Fsp3) is 0.348. The van der Waals surface area contributed by atoms with Gasteiger partial charge in [-0.15, -0.1) is 0 Å². The maximum Gasteiger partial charge on any atom is 0.244 e. The predicted octanol–water partition coefficient (Wildman–Crippen LogP) is 2.87. The fourth-order valence-electron chi connectivity index (χ4n) is 3.23. The van der Waals surface area contributed by atoms with Crippen molar-refractivity contribution in [2.24, 2.45) is 0 Å². The molecular weight excluding hydrogens is 368 g/mol. The van der Waals surface area contributed by atoms with Gasteiger partial charge in [-0.25, -0.2) is 0 Å². The van der Waals surface area contributed by atoms with E-state index in [0.29, 0.717) is 18.0 Å². The molecule has 0 radical (unpaired) electrons. The maximum atomic E-state index is 12.2. The second kappa shape index (κ2) is 10.6. The highest BCUT2D eigenvalue weighted by Gasteiger charge is 2.10. The van der Waals surface area contributed by atoms with Crippen LogP contribution in [0.2, 0.25) is 0 Å². The molecule has 1 fully saturated rings.